The molecule has 1 aliphatic heterocycles. The highest BCUT2D eigenvalue weighted by Crippen LogP contribution is 2.40. The van der Waals surface area contributed by atoms with Crippen molar-refractivity contribution < 1.29 is 22.3 Å². The van der Waals surface area contributed by atoms with Crippen LogP contribution in [0, 0.1) is 12.7 Å². The summed E-state index contributed by atoms with van der Waals surface area (Å²) in [4.78, 5) is 14.7. The number of cyclic esters (lactones) is 1. The minimum absolute atomic E-state index is 0.147. The first kappa shape index (κ1) is 23.2. The quantitative estimate of drug-likeness (QED) is 0.612. The molecule has 0 saturated carbocycles. The summed E-state index contributed by atoms with van der Waals surface area (Å²) < 4.78 is 44.6. The van der Waals surface area contributed by atoms with E-state index in [1.807, 2.05) is 38.1 Å². The molecule has 0 aromatic heterocycles. The SMILES string of the molecule is Cc1ccc([C@H](C)N2CC[C@@](CCCNS(C)(=O)=O)(c3ccc(F)cc3)OC2=O)cc1. The van der Waals surface area contributed by atoms with E-state index in [0.717, 1.165) is 17.4 Å². The Labute approximate surface area is 183 Å². The van der Waals surface area contributed by atoms with Crippen LogP contribution in [0.2, 0.25) is 0 Å². The van der Waals surface area contributed by atoms with Crippen molar-refractivity contribution in [3.05, 3.63) is 71.0 Å². The molecule has 168 valence electrons. The van der Waals surface area contributed by atoms with Gasteiger partial charge in [0.25, 0.3) is 0 Å². The van der Waals surface area contributed by atoms with Crippen LogP contribution in [0.25, 0.3) is 0 Å². The molecule has 0 unspecified atom stereocenters. The van der Waals surface area contributed by atoms with Gasteiger partial charge in [-0.25, -0.2) is 22.3 Å². The second kappa shape index (κ2) is 9.36. The molecule has 2 aromatic rings. The average Bonchev–Trinajstić information content (AvgIpc) is 2.71. The van der Waals surface area contributed by atoms with Gasteiger partial charge in [0.15, 0.2) is 0 Å². The average molecular weight is 449 g/mol. The van der Waals surface area contributed by atoms with E-state index >= 15 is 0 Å². The summed E-state index contributed by atoms with van der Waals surface area (Å²) in [5.74, 6) is -0.366. The predicted octanol–water partition coefficient (Wildman–Crippen LogP) is 4.26. The Kier molecular flexibility index (Phi) is 7.01. The third kappa shape index (κ3) is 5.83. The van der Waals surface area contributed by atoms with Crippen molar-refractivity contribution in [2.24, 2.45) is 0 Å². The molecule has 31 heavy (non-hydrogen) atoms. The number of hydrogen-bond acceptors (Lipinski definition) is 4. The number of hydrogen-bond donors (Lipinski definition) is 1. The molecule has 2 atom stereocenters. The molecule has 0 bridgehead atoms. The number of nitrogens with zero attached hydrogens (tertiary/aromatic N) is 1. The zero-order valence-electron chi connectivity index (χ0n) is 18.1. The van der Waals surface area contributed by atoms with Gasteiger partial charge in [-0.15, -0.1) is 0 Å². The van der Waals surface area contributed by atoms with Gasteiger partial charge in [-0.2, -0.15) is 0 Å². The molecular formula is C23H29FN2O4S. The molecule has 1 saturated heterocycles. The van der Waals surface area contributed by atoms with Crippen LogP contribution >= 0.6 is 0 Å². The summed E-state index contributed by atoms with van der Waals surface area (Å²) in [6.07, 6.45) is 2.11. The standard InChI is InChI=1S/C23H29FN2O4S/c1-17-5-7-19(8-6-17)18(2)26-16-14-23(30-22(26)27,13-4-15-25-31(3,28)29)20-9-11-21(24)12-10-20/h5-12,18,25H,4,13-16H2,1-3H3/t18-,23-/m0/s1. The molecule has 1 fully saturated rings. The van der Waals surface area contributed by atoms with Crippen LogP contribution in [0.15, 0.2) is 48.5 Å². The number of halogens is 1. The number of carbonyl (C=O) groups excluding carboxylic acids is 1. The van der Waals surface area contributed by atoms with Gasteiger partial charge in [0, 0.05) is 19.5 Å². The number of nitrogens with one attached hydrogen (secondary N) is 1. The monoisotopic (exact) mass is 448 g/mol. The summed E-state index contributed by atoms with van der Waals surface area (Å²) >= 11 is 0. The van der Waals surface area contributed by atoms with Crippen molar-refractivity contribution in [1.82, 2.24) is 9.62 Å². The van der Waals surface area contributed by atoms with Gasteiger partial charge in [-0.05, 0) is 49.9 Å². The van der Waals surface area contributed by atoms with Crippen LogP contribution in [0.4, 0.5) is 9.18 Å². The molecule has 0 radical (unpaired) electrons. The maximum atomic E-state index is 13.5. The molecule has 1 N–H and O–H groups in total. The lowest BCUT2D eigenvalue weighted by Crippen LogP contribution is -2.49. The largest absolute Gasteiger partial charge is 0.438 e. The number of ether oxygens (including phenoxy) is 1. The summed E-state index contributed by atoms with van der Waals surface area (Å²) in [6, 6.07) is 13.8. The van der Waals surface area contributed by atoms with E-state index in [-0.39, 0.29) is 18.4 Å². The highest BCUT2D eigenvalue weighted by molar-refractivity contribution is 7.88. The number of aryl methyl sites for hydroxylation is 1. The van der Waals surface area contributed by atoms with Crippen molar-refractivity contribution in [3.8, 4) is 0 Å². The van der Waals surface area contributed by atoms with E-state index in [1.54, 1.807) is 17.0 Å². The molecule has 8 heteroatoms. The second-order valence-corrected chi connectivity index (χ2v) is 10.0. The van der Waals surface area contributed by atoms with E-state index in [2.05, 4.69) is 4.72 Å². The zero-order chi connectivity index (χ0) is 22.6. The fraction of sp³-hybridized carbons (Fsp3) is 0.435. The number of benzene rings is 2. The summed E-state index contributed by atoms with van der Waals surface area (Å²) in [5.41, 5.74) is 1.96. The van der Waals surface area contributed by atoms with Crippen LogP contribution < -0.4 is 4.72 Å². The van der Waals surface area contributed by atoms with E-state index in [0.29, 0.717) is 31.4 Å². The maximum absolute atomic E-state index is 13.5. The normalized spacial score (nSPS) is 20.4. The van der Waals surface area contributed by atoms with Crippen LogP contribution in [0.3, 0.4) is 0 Å². The third-order valence-corrected chi connectivity index (χ3v) is 6.52. The summed E-state index contributed by atoms with van der Waals surface area (Å²) in [6.45, 7) is 4.69. The van der Waals surface area contributed by atoms with Gasteiger partial charge in [0.2, 0.25) is 10.0 Å². The molecule has 3 rings (SSSR count). The topological polar surface area (TPSA) is 75.7 Å². The summed E-state index contributed by atoms with van der Waals surface area (Å²) in [7, 11) is -3.30. The maximum Gasteiger partial charge on any atom is 0.411 e. The van der Waals surface area contributed by atoms with Crippen molar-refractivity contribution >= 4 is 16.1 Å². The van der Waals surface area contributed by atoms with Crippen molar-refractivity contribution in [3.63, 3.8) is 0 Å². The Morgan fingerprint density at radius 3 is 2.39 bits per heavy atom. The molecule has 0 aliphatic carbocycles. The Bertz CT molecular complexity index is 1010. The van der Waals surface area contributed by atoms with Gasteiger partial charge < -0.3 is 9.64 Å². The van der Waals surface area contributed by atoms with Gasteiger partial charge in [0.05, 0.1) is 12.3 Å². The predicted molar refractivity (Wildman–Crippen MR) is 118 cm³/mol. The fourth-order valence-electron chi connectivity index (χ4n) is 3.95. The Morgan fingerprint density at radius 1 is 1.16 bits per heavy atom. The molecule has 1 heterocycles. The molecule has 0 spiro atoms. The van der Waals surface area contributed by atoms with Gasteiger partial charge in [-0.1, -0.05) is 42.0 Å². The van der Waals surface area contributed by atoms with E-state index < -0.39 is 21.7 Å². The highest BCUT2D eigenvalue weighted by Gasteiger charge is 2.43. The number of amides is 1. The Hall–Kier alpha value is -2.45. The van der Waals surface area contributed by atoms with E-state index in [1.165, 1.54) is 12.1 Å². The first-order valence-electron chi connectivity index (χ1n) is 10.4. The first-order valence-corrected chi connectivity index (χ1v) is 12.3. The second-order valence-electron chi connectivity index (χ2n) is 8.17. The highest BCUT2D eigenvalue weighted by atomic mass is 32.2. The van der Waals surface area contributed by atoms with Gasteiger partial charge >= 0.3 is 6.09 Å². The van der Waals surface area contributed by atoms with Gasteiger partial charge in [-0.3, -0.25) is 0 Å². The lowest BCUT2D eigenvalue weighted by atomic mass is 9.84. The van der Waals surface area contributed by atoms with E-state index in [4.69, 9.17) is 4.74 Å². The van der Waals surface area contributed by atoms with Crippen LogP contribution in [-0.4, -0.2) is 38.8 Å². The van der Waals surface area contributed by atoms with Crippen LogP contribution in [0.1, 0.15) is 48.9 Å². The first-order chi connectivity index (χ1) is 14.6. The lowest BCUT2D eigenvalue weighted by molar-refractivity contribution is -0.0662. The van der Waals surface area contributed by atoms with Crippen LogP contribution in [0.5, 0.6) is 0 Å². The smallest absolute Gasteiger partial charge is 0.411 e. The van der Waals surface area contributed by atoms with Gasteiger partial charge in [0.1, 0.15) is 11.4 Å². The molecule has 2 aromatic carbocycles. The Morgan fingerprint density at radius 2 is 1.81 bits per heavy atom. The van der Waals surface area contributed by atoms with Crippen LogP contribution in [-0.2, 0) is 20.4 Å². The summed E-state index contributed by atoms with van der Waals surface area (Å²) in [5, 5.41) is 0. The molecule has 1 aliphatic rings. The Balaban J connectivity index is 1.78. The molecule has 6 nitrogen and oxygen atoms in total. The fourth-order valence-corrected chi connectivity index (χ4v) is 4.47. The number of rotatable bonds is 8. The minimum atomic E-state index is -3.30. The number of carbonyl (C=O) groups is 1. The zero-order valence-corrected chi connectivity index (χ0v) is 18.9. The van der Waals surface area contributed by atoms with Crippen molar-refractivity contribution in [2.75, 3.05) is 19.3 Å². The van der Waals surface area contributed by atoms with Crippen molar-refractivity contribution in [2.45, 2.75) is 44.8 Å². The third-order valence-electron chi connectivity index (χ3n) is 5.79. The van der Waals surface area contributed by atoms with E-state index in [9.17, 15) is 17.6 Å². The number of sulfonamides is 1. The molecule has 1 amide bonds. The lowest BCUT2D eigenvalue weighted by Gasteiger charge is -2.43. The van der Waals surface area contributed by atoms with Crippen molar-refractivity contribution in [1.29, 1.82) is 0 Å². The minimum Gasteiger partial charge on any atom is -0.438 e. The molecular weight excluding hydrogens is 419 g/mol.